The summed E-state index contributed by atoms with van der Waals surface area (Å²) >= 11 is 0. The molecule has 1 aromatic heterocycles. The number of aryl methyl sites for hydroxylation is 1. The van der Waals surface area contributed by atoms with Gasteiger partial charge in [0, 0.05) is 49.7 Å². The van der Waals surface area contributed by atoms with E-state index in [9.17, 15) is 4.79 Å². The molecule has 2 aromatic carbocycles. The largest absolute Gasteiger partial charge is 0.493 e. The van der Waals surface area contributed by atoms with Crippen LogP contribution in [0.15, 0.2) is 36.4 Å². The van der Waals surface area contributed by atoms with Crippen molar-refractivity contribution in [1.29, 1.82) is 0 Å². The lowest BCUT2D eigenvalue weighted by atomic mass is 9.51. The normalized spacial score (nSPS) is 28.2. The van der Waals surface area contributed by atoms with Gasteiger partial charge in [0.1, 0.15) is 11.8 Å². The Balaban J connectivity index is 1.09. The molecule has 0 radical (unpaired) electrons. The number of piperazine rings is 1. The second-order valence-electron chi connectivity index (χ2n) is 13.1. The Labute approximate surface area is 242 Å². The van der Waals surface area contributed by atoms with Gasteiger partial charge in [-0.25, -0.2) is 0 Å². The standard InChI is InChI=1S/C34H40N4O3/c1-20-5-7-22(8-6-20)19-37-13-15-38(16-14-37)33(39)29-21(2)24-18-25-26-17-23-9-10-27(40-4)31-28(23)34(25,11-12-36(26)3)32(41-31)30(24)35-29/h5-10,25-26,32,35H,11-19H2,1-4H3/t25?,26-,32-,34-/m0/s1. The van der Waals surface area contributed by atoms with Crippen molar-refractivity contribution in [3.8, 4) is 11.5 Å². The zero-order valence-electron chi connectivity index (χ0n) is 24.6. The van der Waals surface area contributed by atoms with E-state index in [1.54, 1.807) is 7.11 Å². The number of carbonyl (C=O) groups is 1. The Bertz CT molecular complexity index is 1540. The van der Waals surface area contributed by atoms with Gasteiger partial charge in [0.05, 0.1) is 12.8 Å². The van der Waals surface area contributed by atoms with E-state index in [4.69, 9.17) is 9.47 Å². The Hall–Kier alpha value is -3.29. The number of amides is 1. The lowest BCUT2D eigenvalue weighted by Gasteiger charge is -2.57. The SMILES string of the molecule is COc1ccc2c3c1O[C@H]1c4[nH]c(C(=O)N5CCN(Cc6ccc(C)cc6)CC5)c(C)c4CC4[C@H](C2)N(C)CC[C@@]341. The van der Waals surface area contributed by atoms with Crippen LogP contribution in [-0.4, -0.2) is 78.5 Å². The number of H-pyrrole nitrogens is 1. The summed E-state index contributed by atoms with van der Waals surface area (Å²) in [5.41, 5.74) is 9.62. The van der Waals surface area contributed by atoms with Crippen LogP contribution in [0.25, 0.3) is 0 Å². The highest BCUT2D eigenvalue weighted by Gasteiger charge is 2.65. The molecule has 1 N–H and O–H groups in total. The number of likely N-dealkylation sites (N-methyl/N-ethyl adjacent to an activating group) is 1. The van der Waals surface area contributed by atoms with Gasteiger partial charge in [0.25, 0.3) is 5.91 Å². The summed E-state index contributed by atoms with van der Waals surface area (Å²) in [4.78, 5) is 24.7. The average Bonchev–Trinajstić information content (AvgIpc) is 3.50. The molecule has 41 heavy (non-hydrogen) atoms. The molecule has 5 aliphatic rings. The number of fused-ring (bicyclic) bond motifs is 2. The van der Waals surface area contributed by atoms with E-state index >= 15 is 0 Å². The third-order valence-electron chi connectivity index (χ3n) is 11.1. The van der Waals surface area contributed by atoms with E-state index in [2.05, 4.69) is 72.1 Å². The lowest BCUT2D eigenvalue weighted by molar-refractivity contribution is -0.0256. The number of methoxy groups -OCH3 is 1. The van der Waals surface area contributed by atoms with Crippen molar-refractivity contribution >= 4 is 5.91 Å². The molecule has 4 heterocycles. The van der Waals surface area contributed by atoms with Crippen LogP contribution in [-0.2, 0) is 24.8 Å². The molecule has 1 amide bonds. The summed E-state index contributed by atoms with van der Waals surface area (Å²) in [7, 11) is 4.02. The number of ether oxygens (including phenoxy) is 2. The van der Waals surface area contributed by atoms with E-state index in [-0.39, 0.29) is 17.4 Å². The van der Waals surface area contributed by atoms with Crippen LogP contribution in [0, 0.1) is 19.8 Å². The van der Waals surface area contributed by atoms with Crippen molar-refractivity contribution in [2.75, 3.05) is 46.9 Å². The van der Waals surface area contributed by atoms with Crippen molar-refractivity contribution in [3.05, 3.63) is 81.2 Å². The summed E-state index contributed by atoms with van der Waals surface area (Å²) < 4.78 is 12.7. The minimum atomic E-state index is -0.107. The Morgan fingerprint density at radius 3 is 2.59 bits per heavy atom. The minimum absolute atomic E-state index is 0.0686. The fraction of sp³-hybridized carbons (Fsp3) is 0.500. The molecule has 7 nitrogen and oxygen atoms in total. The Morgan fingerprint density at radius 2 is 1.83 bits per heavy atom. The second kappa shape index (κ2) is 9.10. The van der Waals surface area contributed by atoms with Gasteiger partial charge >= 0.3 is 0 Å². The third-order valence-corrected chi connectivity index (χ3v) is 11.1. The minimum Gasteiger partial charge on any atom is -0.493 e. The van der Waals surface area contributed by atoms with Gasteiger partial charge in [-0.1, -0.05) is 35.9 Å². The molecule has 2 aliphatic carbocycles. The molecular formula is C34H40N4O3. The second-order valence-corrected chi connectivity index (χ2v) is 13.1. The lowest BCUT2D eigenvalue weighted by Crippen LogP contribution is -2.62. The molecule has 0 saturated carbocycles. The maximum atomic E-state index is 14.0. The fourth-order valence-corrected chi connectivity index (χ4v) is 8.87. The van der Waals surface area contributed by atoms with Gasteiger partial charge in [-0.15, -0.1) is 0 Å². The maximum absolute atomic E-state index is 14.0. The third kappa shape index (κ3) is 3.54. The molecule has 7 heteroatoms. The van der Waals surface area contributed by atoms with E-state index < -0.39 is 0 Å². The van der Waals surface area contributed by atoms with Crippen LogP contribution in [0.1, 0.15) is 62.1 Å². The van der Waals surface area contributed by atoms with Gasteiger partial charge in [-0.3, -0.25) is 9.69 Å². The number of likely N-dealkylation sites (tertiary alicyclic amines) is 1. The summed E-state index contributed by atoms with van der Waals surface area (Å²) in [6.45, 7) is 9.54. The summed E-state index contributed by atoms with van der Waals surface area (Å²) in [6, 6.07) is 13.6. The van der Waals surface area contributed by atoms with E-state index in [1.165, 1.54) is 27.8 Å². The summed E-state index contributed by atoms with van der Waals surface area (Å²) in [5.74, 6) is 2.34. The molecule has 4 atom stereocenters. The molecular weight excluding hydrogens is 512 g/mol. The van der Waals surface area contributed by atoms with Crippen molar-refractivity contribution in [3.63, 3.8) is 0 Å². The summed E-state index contributed by atoms with van der Waals surface area (Å²) in [6.07, 6.45) is 2.99. The number of hydrogen-bond donors (Lipinski definition) is 1. The van der Waals surface area contributed by atoms with Crippen LogP contribution >= 0.6 is 0 Å². The highest BCUT2D eigenvalue weighted by atomic mass is 16.5. The number of aromatic nitrogens is 1. The number of nitrogens with one attached hydrogen (secondary N) is 1. The average molecular weight is 553 g/mol. The zero-order chi connectivity index (χ0) is 28.0. The highest BCUT2D eigenvalue weighted by molar-refractivity contribution is 5.94. The first-order chi connectivity index (χ1) is 19.9. The smallest absolute Gasteiger partial charge is 0.270 e. The van der Waals surface area contributed by atoms with E-state index in [1.807, 2.05) is 4.90 Å². The van der Waals surface area contributed by atoms with Gasteiger partial charge < -0.3 is 24.3 Å². The molecule has 1 unspecified atom stereocenters. The predicted molar refractivity (Wildman–Crippen MR) is 158 cm³/mol. The van der Waals surface area contributed by atoms with Gasteiger partial charge in [0.15, 0.2) is 11.5 Å². The molecule has 1 spiro atoms. The molecule has 3 aliphatic heterocycles. The number of aromatic amines is 1. The molecule has 3 aromatic rings. The van der Waals surface area contributed by atoms with Crippen molar-refractivity contribution < 1.29 is 14.3 Å². The zero-order valence-corrected chi connectivity index (χ0v) is 24.6. The monoisotopic (exact) mass is 552 g/mol. The summed E-state index contributed by atoms with van der Waals surface area (Å²) in [5, 5.41) is 0. The Kier molecular flexibility index (Phi) is 5.64. The molecule has 2 saturated heterocycles. The van der Waals surface area contributed by atoms with Crippen LogP contribution in [0.2, 0.25) is 0 Å². The number of hydrogen-bond acceptors (Lipinski definition) is 5. The van der Waals surface area contributed by atoms with Crippen LogP contribution < -0.4 is 9.47 Å². The van der Waals surface area contributed by atoms with Crippen molar-refractivity contribution in [2.45, 2.75) is 57.2 Å². The first-order valence-electron chi connectivity index (χ1n) is 15.2. The number of piperidine rings is 1. The molecule has 2 fully saturated rings. The number of rotatable bonds is 4. The highest BCUT2D eigenvalue weighted by Crippen LogP contribution is 2.67. The topological polar surface area (TPSA) is 61.0 Å². The van der Waals surface area contributed by atoms with Gasteiger partial charge in [0.2, 0.25) is 0 Å². The first kappa shape index (κ1) is 25.4. The van der Waals surface area contributed by atoms with E-state index in [0.29, 0.717) is 12.0 Å². The van der Waals surface area contributed by atoms with Crippen molar-refractivity contribution in [2.24, 2.45) is 5.92 Å². The van der Waals surface area contributed by atoms with Gasteiger partial charge in [-0.2, -0.15) is 0 Å². The molecule has 2 bridgehead atoms. The van der Waals surface area contributed by atoms with E-state index in [0.717, 1.165) is 87.0 Å². The van der Waals surface area contributed by atoms with Crippen LogP contribution in [0.3, 0.4) is 0 Å². The van der Waals surface area contributed by atoms with Gasteiger partial charge in [-0.05, 0) is 80.9 Å². The van der Waals surface area contributed by atoms with Crippen molar-refractivity contribution in [1.82, 2.24) is 19.7 Å². The maximum Gasteiger partial charge on any atom is 0.270 e. The molecule has 8 rings (SSSR count). The first-order valence-corrected chi connectivity index (χ1v) is 15.2. The Morgan fingerprint density at radius 1 is 1.05 bits per heavy atom. The predicted octanol–water partition coefficient (Wildman–Crippen LogP) is 4.40. The fourth-order valence-electron chi connectivity index (χ4n) is 8.87. The molecule has 214 valence electrons. The number of carbonyl (C=O) groups excluding carboxylic acids is 1. The van der Waals surface area contributed by atoms with Crippen LogP contribution in [0.5, 0.6) is 11.5 Å². The number of benzene rings is 2. The van der Waals surface area contributed by atoms with Crippen LogP contribution in [0.4, 0.5) is 0 Å². The number of nitrogens with zero attached hydrogens (tertiary/aromatic N) is 3. The quantitative estimate of drug-likeness (QED) is 0.520.